The second-order valence-corrected chi connectivity index (χ2v) is 6.18. The molecule has 1 unspecified atom stereocenters. The molecule has 22 heavy (non-hydrogen) atoms. The summed E-state index contributed by atoms with van der Waals surface area (Å²) >= 11 is 3.33. The second kappa shape index (κ2) is 5.93. The summed E-state index contributed by atoms with van der Waals surface area (Å²) in [7, 11) is 0. The van der Waals surface area contributed by atoms with Crippen LogP contribution in [0, 0.1) is 0 Å². The normalized spacial score (nSPS) is 17.0. The molecule has 1 aliphatic heterocycles. The van der Waals surface area contributed by atoms with Gasteiger partial charge in [-0.15, -0.1) is 0 Å². The van der Waals surface area contributed by atoms with E-state index in [1.54, 1.807) is 24.3 Å². The molecule has 5 heteroatoms. The Morgan fingerprint density at radius 2 is 1.68 bits per heavy atom. The Morgan fingerprint density at radius 3 is 2.32 bits per heavy atom. The van der Waals surface area contributed by atoms with E-state index in [1.165, 1.54) is 4.90 Å². The number of rotatable bonds is 2. The SMILES string of the molecule is O=C(O)C1Cc2ccccc2CN1C(=O)c1ccc(Br)cc1. The fraction of sp³-hybridized carbons (Fsp3) is 0.176. The third kappa shape index (κ3) is 2.76. The first-order chi connectivity index (χ1) is 10.6. The average Bonchev–Trinajstić information content (AvgIpc) is 2.53. The molecule has 0 spiro atoms. The highest BCUT2D eigenvalue weighted by Gasteiger charge is 2.34. The van der Waals surface area contributed by atoms with Gasteiger partial charge in [-0.3, -0.25) is 4.79 Å². The molecular weight excluding hydrogens is 346 g/mol. The molecule has 0 radical (unpaired) electrons. The summed E-state index contributed by atoms with van der Waals surface area (Å²) in [6, 6.07) is 13.8. The quantitative estimate of drug-likeness (QED) is 0.896. The van der Waals surface area contributed by atoms with Crippen LogP contribution in [0.1, 0.15) is 21.5 Å². The molecule has 0 aliphatic carbocycles. The molecule has 1 atom stereocenters. The minimum Gasteiger partial charge on any atom is -0.480 e. The van der Waals surface area contributed by atoms with Gasteiger partial charge in [-0.1, -0.05) is 40.2 Å². The van der Waals surface area contributed by atoms with E-state index in [4.69, 9.17) is 0 Å². The minimum absolute atomic E-state index is 0.255. The lowest BCUT2D eigenvalue weighted by Crippen LogP contribution is -2.48. The fourth-order valence-corrected chi connectivity index (χ4v) is 2.98. The standard InChI is InChI=1S/C17H14BrNO3/c18-14-7-5-11(6-8-14)16(20)19-10-13-4-2-1-3-12(13)9-15(19)17(21)22/h1-8,15H,9-10H2,(H,21,22). The van der Waals surface area contributed by atoms with E-state index in [2.05, 4.69) is 15.9 Å². The summed E-state index contributed by atoms with van der Waals surface area (Å²) in [4.78, 5) is 25.7. The molecule has 0 aromatic heterocycles. The molecule has 3 rings (SSSR count). The van der Waals surface area contributed by atoms with Crippen LogP contribution in [0.5, 0.6) is 0 Å². The number of halogens is 1. The van der Waals surface area contributed by atoms with Gasteiger partial charge in [0.1, 0.15) is 6.04 Å². The topological polar surface area (TPSA) is 57.6 Å². The molecule has 1 N–H and O–H groups in total. The molecule has 0 saturated carbocycles. The van der Waals surface area contributed by atoms with Crippen molar-refractivity contribution in [3.63, 3.8) is 0 Å². The van der Waals surface area contributed by atoms with Crippen molar-refractivity contribution in [3.8, 4) is 0 Å². The molecule has 2 aromatic carbocycles. The lowest BCUT2D eigenvalue weighted by Gasteiger charge is -2.34. The van der Waals surface area contributed by atoms with Crippen molar-refractivity contribution in [1.82, 2.24) is 4.90 Å². The van der Waals surface area contributed by atoms with Gasteiger partial charge in [0.15, 0.2) is 0 Å². The van der Waals surface area contributed by atoms with Crippen LogP contribution in [-0.2, 0) is 17.8 Å². The highest BCUT2D eigenvalue weighted by molar-refractivity contribution is 9.10. The molecule has 0 bridgehead atoms. The molecule has 1 heterocycles. The van der Waals surface area contributed by atoms with E-state index in [0.717, 1.165) is 15.6 Å². The van der Waals surface area contributed by atoms with Gasteiger partial charge in [0, 0.05) is 23.0 Å². The number of amides is 1. The predicted molar refractivity (Wildman–Crippen MR) is 85.6 cm³/mol. The number of fused-ring (bicyclic) bond motifs is 1. The molecule has 2 aromatic rings. The zero-order chi connectivity index (χ0) is 15.7. The van der Waals surface area contributed by atoms with Crippen LogP contribution in [0.4, 0.5) is 0 Å². The monoisotopic (exact) mass is 359 g/mol. The summed E-state index contributed by atoms with van der Waals surface area (Å²) in [5.74, 6) is -1.23. The molecular formula is C17H14BrNO3. The maximum absolute atomic E-state index is 12.7. The van der Waals surface area contributed by atoms with Crippen LogP contribution in [-0.4, -0.2) is 27.9 Å². The first-order valence-corrected chi connectivity index (χ1v) is 7.71. The third-order valence-corrected chi connectivity index (χ3v) is 4.41. The number of hydrogen-bond acceptors (Lipinski definition) is 2. The van der Waals surface area contributed by atoms with Crippen molar-refractivity contribution in [1.29, 1.82) is 0 Å². The maximum atomic E-state index is 12.7. The number of aliphatic carboxylic acids is 1. The number of nitrogens with zero attached hydrogens (tertiary/aromatic N) is 1. The van der Waals surface area contributed by atoms with Crippen molar-refractivity contribution < 1.29 is 14.7 Å². The lowest BCUT2D eigenvalue weighted by molar-refractivity contribution is -0.142. The van der Waals surface area contributed by atoms with Gasteiger partial charge in [-0.25, -0.2) is 4.79 Å². The first kappa shape index (κ1) is 14.8. The van der Waals surface area contributed by atoms with Gasteiger partial charge in [0.2, 0.25) is 0 Å². The van der Waals surface area contributed by atoms with Gasteiger partial charge < -0.3 is 10.0 Å². The van der Waals surface area contributed by atoms with Crippen molar-refractivity contribution in [2.24, 2.45) is 0 Å². The summed E-state index contributed by atoms with van der Waals surface area (Å²) in [5.41, 5.74) is 2.49. The number of carboxylic acid groups (broad SMARTS) is 1. The summed E-state index contributed by atoms with van der Waals surface area (Å²) in [6.45, 7) is 0.321. The third-order valence-electron chi connectivity index (χ3n) is 3.89. The molecule has 112 valence electrons. The van der Waals surface area contributed by atoms with E-state index in [-0.39, 0.29) is 5.91 Å². The van der Waals surface area contributed by atoms with E-state index < -0.39 is 12.0 Å². The number of carbonyl (C=O) groups excluding carboxylic acids is 1. The molecule has 0 fully saturated rings. The molecule has 1 aliphatic rings. The number of carboxylic acids is 1. The number of benzene rings is 2. The average molecular weight is 360 g/mol. The maximum Gasteiger partial charge on any atom is 0.326 e. The molecule has 4 nitrogen and oxygen atoms in total. The smallest absolute Gasteiger partial charge is 0.326 e. The highest BCUT2D eigenvalue weighted by Crippen LogP contribution is 2.25. The van der Waals surface area contributed by atoms with E-state index >= 15 is 0 Å². The zero-order valence-electron chi connectivity index (χ0n) is 11.7. The Kier molecular flexibility index (Phi) is 3.98. The predicted octanol–water partition coefficient (Wildman–Crippen LogP) is 3.10. The van der Waals surface area contributed by atoms with Crippen LogP contribution >= 0.6 is 15.9 Å². The van der Waals surface area contributed by atoms with Crippen LogP contribution in [0.3, 0.4) is 0 Å². The first-order valence-electron chi connectivity index (χ1n) is 6.92. The number of carbonyl (C=O) groups is 2. The zero-order valence-corrected chi connectivity index (χ0v) is 13.3. The van der Waals surface area contributed by atoms with Crippen molar-refractivity contribution >= 4 is 27.8 Å². The van der Waals surface area contributed by atoms with Gasteiger partial charge in [0.05, 0.1) is 0 Å². The second-order valence-electron chi connectivity index (χ2n) is 5.27. The Morgan fingerprint density at radius 1 is 1.05 bits per heavy atom. The van der Waals surface area contributed by atoms with Gasteiger partial charge in [-0.2, -0.15) is 0 Å². The fourth-order valence-electron chi connectivity index (χ4n) is 2.72. The largest absolute Gasteiger partial charge is 0.480 e. The van der Waals surface area contributed by atoms with E-state index in [1.807, 2.05) is 24.3 Å². The van der Waals surface area contributed by atoms with Crippen LogP contribution in [0.15, 0.2) is 53.0 Å². The lowest BCUT2D eigenvalue weighted by atomic mass is 9.93. The van der Waals surface area contributed by atoms with Crippen LogP contribution in [0.2, 0.25) is 0 Å². The Balaban J connectivity index is 1.95. The minimum atomic E-state index is -0.972. The van der Waals surface area contributed by atoms with E-state index in [0.29, 0.717) is 18.5 Å². The summed E-state index contributed by atoms with van der Waals surface area (Å²) in [5, 5.41) is 9.47. The van der Waals surface area contributed by atoms with Crippen molar-refractivity contribution in [2.45, 2.75) is 19.0 Å². The molecule has 0 saturated heterocycles. The van der Waals surface area contributed by atoms with Crippen LogP contribution < -0.4 is 0 Å². The van der Waals surface area contributed by atoms with Gasteiger partial charge in [0.25, 0.3) is 5.91 Å². The Hall–Kier alpha value is -2.14. The Bertz CT molecular complexity index is 727. The number of hydrogen-bond donors (Lipinski definition) is 1. The van der Waals surface area contributed by atoms with Gasteiger partial charge in [-0.05, 0) is 35.4 Å². The van der Waals surface area contributed by atoms with Crippen LogP contribution in [0.25, 0.3) is 0 Å². The molecule has 1 amide bonds. The van der Waals surface area contributed by atoms with Crippen molar-refractivity contribution in [2.75, 3.05) is 0 Å². The summed E-state index contributed by atoms with van der Waals surface area (Å²) < 4.78 is 0.878. The van der Waals surface area contributed by atoms with E-state index in [9.17, 15) is 14.7 Å². The highest BCUT2D eigenvalue weighted by atomic mass is 79.9. The van der Waals surface area contributed by atoms with Gasteiger partial charge >= 0.3 is 5.97 Å². The summed E-state index contributed by atoms with van der Waals surface area (Å²) in [6.07, 6.45) is 0.341. The Labute approximate surface area is 136 Å². The van der Waals surface area contributed by atoms with Crippen molar-refractivity contribution in [3.05, 3.63) is 69.7 Å².